The van der Waals surface area contributed by atoms with Gasteiger partial charge in [0.05, 0.1) is 6.10 Å². The minimum Gasteiger partial charge on any atom is -0.450 e. The average Bonchev–Trinajstić information content (AvgIpc) is 2.46. The maximum atomic E-state index is 11.9. The number of carbonyl (C=O) groups is 2. The molecule has 7 heteroatoms. The van der Waals surface area contributed by atoms with Crippen LogP contribution < -0.4 is 0 Å². The number of hydrogen-bond acceptors (Lipinski definition) is 6. The Bertz CT molecular complexity index is 388. The maximum Gasteiger partial charge on any atom is 0.508 e. The van der Waals surface area contributed by atoms with Crippen molar-refractivity contribution in [3.8, 4) is 0 Å². The molecular weight excluding hydrogens is 304 g/mol. The molecule has 2 unspecified atom stereocenters. The van der Waals surface area contributed by atoms with Gasteiger partial charge in [-0.15, -0.1) is 0 Å². The molecule has 23 heavy (non-hydrogen) atoms. The zero-order valence-electron chi connectivity index (χ0n) is 13.3. The normalized spacial score (nSPS) is 32.2. The number of ether oxygens (including phenoxy) is 3. The Morgan fingerprint density at radius 2 is 1.30 bits per heavy atom. The van der Waals surface area contributed by atoms with E-state index in [9.17, 15) is 14.7 Å². The Kier molecular flexibility index (Phi) is 6.95. The third-order valence-corrected chi connectivity index (χ3v) is 4.55. The average molecular weight is 330 g/mol. The zero-order chi connectivity index (χ0) is 16.7. The Balaban J connectivity index is 1.71. The number of aliphatic hydroxyl groups excluding tert-OH is 1. The van der Waals surface area contributed by atoms with Gasteiger partial charge in [-0.2, -0.15) is 0 Å². The number of carbonyl (C=O) groups excluding carboxylic acids is 1. The minimum atomic E-state index is -1.24. The fourth-order valence-corrected chi connectivity index (χ4v) is 3.32. The first-order chi connectivity index (χ1) is 11.0. The van der Waals surface area contributed by atoms with E-state index in [0.717, 1.165) is 25.7 Å². The van der Waals surface area contributed by atoms with Gasteiger partial charge in [0, 0.05) is 0 Å². The summed E-state index contributed by atoms with van der Waals surface area (Å²) in [5.41, 5.74) is 0. The molecule has 2 fully saturated rings. The predicted molar refractivity (Wildman–Crippen MR) is 80.2 cm³/mol. The lowest BCUT2D eigenvalue weighted by atomic mass is 9.95. The van der Waals surface area contributed by atoms with E-state index in [4.69, 9.17) is 19.3 Å². The van der Waals surface area contributed by atoms with Crippen LogP contribution in [0.1, 0.15) is 64.2 Å². The Hall–Kier alpha value is -1.50. The molecule has 0 saturated heterocycles. The van der Waals surface area contributed by atoms with Gasteiger partial charge in [0.25, 0.3) is 0 Å². The van der Waals surface area contributed by atoms with E-state index >= 15 is 0 Å². The Morgan fingerprint density at radius 1 is 0.739 bits per heavy atom. The number of carboxylic acid groups (broad SMARTS) is 1. The maximum absolute atomic E-state index is 11.9. The van der Waals surface area contributed by atoms with Gasteiger partial charge in [-0.25, -0.2) is 9.59 Å². The molecule has 0 aromatic heterocycles. The molecule has 0 aliphatic heterocycles. The molecule has 0 amide bonds. The first-order valence-electron chi connectivity index (χ1n) is 8.49. The van der Waals surface area contributed by atoms with E-state index in [0.29, 0.717) is 38.5 Å². The summed E-state index contributed by atoms with van der Waals surface area (Å²) in [5.74, 6) is 0. The molecule has 0 spiro atoms. The largest absolute Gasteiger partial charge is 0.508 e. The number of hydrogen-bond donors (Lipinski definition) is 2. The van der Waals surface area contributed by atoms with Crippen molar-refractivity contribution in [2.75, 3.05) is 0 Å². The summed E-state index contributed by atoms with van der Waals surface area (Å²) in [6.45, 7) is 0. The summed E-state index contributed by atoms with van der Waals surface area (Å²) < 4.78 is 15.4. The molecule has 2 aliphatic carbocycles. The molecule has 2 rings (SSSR count). The molecule has 2 saturated carbocycles. The van der Waals surface area contributed by atoms with Crippen molar-refractivity contribution in [2.45, 2.75) is 88.6 Å². The van der Waals surface area contributed by atoms with Crippen LogP contribution in [-0.4, -0.2) is 46.9 Å². The molecule has 2 atom stereocenters. The first-order valence-corrected chi connectivity index (χ1v) is 8.49. The molecule has 7 nitrogen and oxygen atoms in total. The molecular formula is C16H26O7. The van der Waals surface area contributed by atoms with Gasteiger partial charge in [-0.1, -0.05) is 6.42 Å². The second-order valence-electron chi connectivity index (χ2n) is 6.37. The third kappa shape index (κ3) is 6.25. The number of aliphatic hydroxyl groups is 1. The van der Waals surface area contributed by atoms with Crippen LogP contribution in [0.5, 0.6) is 0 Å². The highest BCUT2D eigenvalue weighted by Gasteiger charge is 2.28. The van der Waals surface area contributed by atoms with Crippen LogP contribution in [0, 0.1) is 0 Å². The van der Waals surface area contributed by atoms with Crippen molar-refractivity contribution in [3.05, 3.63) is 0 Å². The molecule has 2 N–H and O–H groups in total. The van der Waals surface area contributed by atoms with Crippen LogP contribution in [0.4, 0.5) is 9.59 Å². The van der Waals surface area contributed by atoms with E-state index in [2.05, 4.69) is 0 Å². The summed E-state index contributed by atoms with van der Waals surface area (Å²) >= 11 is 0. The summed E-state index contributed by atoms with van der Waals surface area (Å²) in [7, 11) is 0. The first kappa shape index (κ1) is 17.8. The van der Waals surface area contributed by atoms with Crippen molar-refractivity contribution in [1.29, 1.82) is 0 Å². The van der Waals surface area contributed by atoms with Crippen molar-refractivity contribution in [1.82, 2.24) is 0 Å². The lowest BCUT2D eigenvalue weighted by Gasteiger charge is -2.28. The number of rotatable bonds is 3. The summed E-state index contributed by atoms with van der Waals surface area (Å²) in [4.78, 5) is 22.4. The monoisotopic (exact) mass is 330 g/mol. The highest BCUT2D eigenvalue weighted by molar-refractivity contribution is 5.60. The van der Waals surface area contributed by atoms with Crippen LogP contribution >= 0.6 is 0 Å². The lowest BCUT2D eigenvalue weighted by Crippen LogP contribution is -2.35. The second-order valence-corrected chi connectivity index (χ2v) is 6.37. The van der Waals surface area contributed by atoms with E-state index in [1.807, 2.05) is 0 Å². The van der Waals surface area contributed by atoms with Gasteiger partial charge in [-0.3, -0.25) is 0 Å². The quantitative estimate of drug-likeness (QED) is 0.766. The summed E-state index contributed by atoms with van der Waals surface area (Å²) in [5, 5.41) is 18.5. The highest BCUT2D eigenvalue weighted by Crippen LogP contribution is 2.24. The highest BCUT2D eigenvalue weighted by atomic mass is 16.7. The van der Waals surface area contributed by atoms with Crippen LogP contribution in [-0.2, 0) is 14.2 Å². The topological polar surface area (TPSA) is 102 Å². The fourth-order valence-electron chi connectivity index (χ4n) is 3.32. The van der Waals surface area contributed by atoms with Gasteiger partial charge in [0.15, 0.2) is 0 Å². The van der Waals surface area contributed by atoms with Crippen LogP contribution in [0.15, 0.2) is 0 Å². The standard InChI is InChI=1S/C16H26O7/c17-13-9-1-2-10-14(13)23-16(20)22-12-7-3-5-11(6-4-8-12)21-15(18)19/h11-14,17H,1-10H2,(H,18,19). The molecule has 2 aliphatic rings. The SMILES string of the molecule is O=C(O)OC1CCCC(OC(=O)OC2CCCCC2O)CCC1. The van der Waals surface area contributed by atoms with Crippen LogP contribution in [0.3, 0.4) is 0 Å². The van der Waals surface area contributed by atoms with E-state index in [-0.39, 0.29) is 12.2 Å². The van der Waals surface area contributed by atoms with Crippen molar-refractivity contribution >= 4 is 12.3 Å². The van der Waals surface area contributed by atoms with E-state index < -0.39 is 24.5 Å². The molecule has 132 valence electrons. The fraction of sp³-hybridized carbons (Fsp3) is 0.875. The molecule has 0 radical (unpaired) electrons. The van der Waals surface area contributed by atoms with Gasteiger partial charge >= 0.3 is 12.3 Å². The van der Waals surface area contributed by atoms with Crippen molar-refractivity contribution < 1.29 is 34.0 Å². The van der Waals surface area contributed by atoms with Crippen molar-refractivity contribution in [3.63, 3.8) is 0 Å². The molecule has 0 aromatic carbocycles. The lowest BCUT2D eigenvalue weighted by molar-refractivity contribution is -0.0628. The Morgan fingerprint density at radius 3 is 1.87 bits per heavy atom. The van der Waals surface area contributed by atoms with Crippen molar-refractivity contribution in [2.24, 2.45) is 0 Å². The van der Waals surface area contributed by atoms with E-state index in [1.165, 1.54) is 0 Å². The second kappa shape index (κ2) is 8.96. The van der Waals surface area contributed by atoms with Crippen LogP contribution in [0.2, 0.25) is 0 Å². The van der Waals surface area contributed by atoms with Gasteiger partial charge in [0.1, 0.15) is 18.3 Å². The molecule has 0 bridgehead atoms. The van der Waals surface area contributed by atoms with Gasteiger partial charge < -0.3 is 24.4 Å². The summed E-state index contributed by atoms with van der Waals surface area (Å²) in [6.07, 6.45) is 3.85. The minimum absolute atomic E-state index is 0.214. The van der Waals surface area contributed by atoms with Gasteiger partial charge in [-0.05, 0) is 57.8 Å². The van der Waals surface area contributed by atoms with E-state index in [1.54, 1.807) is 0 Å². The van der Waals surface area contributed by atoms with Gasteiger partial charge in [0.2, 0.25) is 0 Å². The van der Waals surface area contributed by atoms with Crippen LogP contribution in [0.25, 0.3) is 0 Å². The summed E-state index contributed by atoms with van der Waals surface area (Å²) in [6, 6.07) is 0. The zero-order valence-corrected chi connectivity index (χ0v) is 13.3. The smallest absolute Gasteiger partial charge is 0.450 e. The molecule has 0 aromatic rings. The molecule has 0 heterocycles. The predicted octanol–water partition coefficient (Wildman–Crippen LogP) is 3.23. The Labute approximate surface area is 135 Å². The third-order valence-electron chi connectivity index (χ3n) is 4.55.